The van der Waals surface area contributed by atoms with Crippen LogP contribution in [0.25, 0.3) is 10.9 Å². The Hall–Kier alpha value is -3.06. The number of nitrogens with zero attached hydrogens (tertiary/aromatic N) is 2. The van der Waals surface area contributed by atoms with Crippen LogP contribution < -0.4 is 20.7 Å². The molecule has 0 aliphatic heterocycles. The topological polar surface area (TPSA) is 85.7 Å². The minimum absolute atomic E-state index is 0.0750. The van der Waals surface area contributed by atoms with Gasteiger partial charge in [0.25, 0.3) is 5.56 Å². The number of rotatable bonds is 6. The molecule has 8 heteroatoms. The van der Waals surface area contributed by atoms with Gasteiger partial charge >= 0.3 is 5.69 Å². The highest BCUT2D eigenvalue weighted by atomic mass is 35.5. The minimum Gasteiger partial charge on any atom is -0.493 e. The maximum Gasteiger partial charge on any atom is 0.349 e. The van der Waals surface area contributed by atoms with E-state index in [9.17, 15) is 9.59 Å². The highest BCUT2D eigenvalue weighted by Crippen LogP contribution is 2.34. The van der Waals surface area contributed by atoms with E-state index < -0.39 is 11.2 Å². The normalized spacial score (nSPS) is 12.4. The zero-order valence-electron chi connectivity index (χ0n) is 15.7. The van der Waals surface area contributed by atoms with E-state index in [1.165, 1.54) is 13.3 Å². The molecule has 0 aliphatic rings. The highest BCUT2D eigenvalue weighted by Gasteiger charge is 2.15. The summed E-state index contributed by atoms with van der Waals surface area (Å²) in [5, 5.41) is 4.85. The zero-order valence-corrected chi connectivity index (χ0v) is 16.5. The lowest BCUT2D eigenvalue weighted by molar-refractivity contribution is 0.207. The van der Waals surface area contributed by atoms with Gasteiger partial charge in [0.1, 0.15) is 0 Å². The van der Waals surface area contributed by atoms with E-state index in [0.29, 0.717) is 33.0 Å². The Bertz CT molecular complexity index is 1150. The predicted octanol–water partition coefficient (Wildman–Crippen LogP) is 3.41. The van der Waals surface area contributed by atoms with Crippen LogP contribution in [0.3, 0.4) is 0 Å². The Morgan fingerprint density at radius 3 is 2.75 bits per heavy atom. The molecule has 0 saturated carbocycles. The summed E-state index contributed by atoms with van der Waals surface area (Å²) in [5.41, 5.74) is -0.217. The number of para-hydroxylation sites is 1. The van der Waals surface area contributed by atoms with Crippen molar-refractivity contribution in [3.63, 3.8) is 0 Å². The van der Waals surface area contributed by atoms with E-state index >= 15 is 0 Å². The third-order valence-corrected chi connectivity index (χ3v) is 4.48. The van der Waals surface area contributed by atoms with Crippen molar-refractivity contribution in [2.24, 2.45) is 5.10 Å². The number of H-pyrrole nitrogens is 1. The summed E-state index contributed by atoms with van der Waals surface area (Å²) in [7, 11) is 1.51. The number of nitrogens with one attached hydrogen (secondary N) is 1. The molecule has 0 unspecified atom stereocenters. The third kappa shape index (κ3) is 3.94. The van der Waals surface area contributed by atoms with Gasteiger partial charge in [-0.15, -0.1) is 4.68 Å². The van der Waals surface area contributed by atoms with E-state index in [-0.39, 0.29) is 6.10 Å². The summed E-state index contributed by atoms with van der Waals surface area (Å²) in [5.74, 6) is 0.879. The van der Waals surface area contributed by atoms with Gasteiger partial charge in [-0.1, -0.05) is 30.7 Å². The summed E-state index contributed by atoms with van der Waals surface area (Å²) in [6, 6.07) is 10.0. The number of methoxy groups -OCH3 is 1. The van der Waals surface area contributed by atoms with E-state index in [0.717, 1.165) is 11.1 Å². The number of benzene rings is 2. The van der Waals surface area contributed by atoms with Crippen molar-refractivity contribution in [2.45, 2.75) is 26.4 Å². The average molecular weight is 402 g/mol. The lowest BCUT2D eigenvalue weighted by atomic mass is 10.2. The lowest BCUT2D eigenvalue weighted by Crippen LogP contribution is -2.32. The fraction of sp³-hybridized carbons (Fsp3) is 0.250. The Morgan fingerprint density at radius 2 is 2.04 bits per heavy atom. The molecule has 7 nitrogen and oxygen atoms in total. The molecule has 1 atom stereocenters. The highest BCUT2D eigenvalue weighted by molar-refractivity contribution is 6.31. The number of hydrogen-bond acceptors (Lipinski definition) is 5. The maximum atomic E-state index is 12.6. The van der Waals surface area contributed by atoms with Crippen molar-refractivity contribution in [1.29, 1.82) is 0 Å². The molecule has 0 spiro atoms. The lowest BCUT2D eigenvalue weighted by Gasteiger charge is -2.18. The van der Waals surface area contributed by atoms with Crippen molar-refractivity contribution in [1.82, 2.24) is 9.66 Å². The summed E-state index contributed by atoms with van der Waals surface area (Å²) in [4.78, 5) is 27.5. The van der Waals surface area contributed by atoms with Gasteiger partial charge in [-0.05, 0) is 31.5 Å². The number of aromatic nitrogens is 2. The smallest absolute Gasteiger partial charge is 0.349 e. The Labute approximate surface area is 166 Å². The van der Waals surface area contributed by atoms with E-state index in [2.05, 4.69) is 10.1 Å². The van der Waals surface area contributed by atoms with Gasteiger partial charge in [0, 0.05) is 16.7 Å². The second-order valence-electron chi connectivity index (χ2n) is 6.20. The van der Waals surface area contributed by atoms with Crippen LogP contribution in [-0.4, -0.2) is 29.1 Å². The molecular weight excluding hydrogens is 382 g/mol. The van der Waals surface area contributed by atoms with Crippen LogP contribution in [0, 0.1) is 0 Å². The number of aromatic amines is 1. The number of fused-ring (bicyclic) bond motifs is 1. The number of ether oxygens (including phenoxy) is 2. The van der Waals surface area contributed by atoms with Gasteiger partial charge in [0.15, 0.2) is 11.5 Å². The molecule has 28 heavy (non-hydrogen) atoms. The van der Waals surface area contributed by atoms with E-state index in [1.54, 1.807) is 36.4 Å². The molecule has 1 aromatic heterocycles. The van der Waals surface area contributed by atoms with Gasteiger partial charge in [0.05, 0.1) is 30.3 Å². The zero-order chi connectivity index (χ0) is 20.3. The van der Waals surface area contributed by atoms with Crippen LogP contribution in [0.2, 0.25) is 5.02 Å². The number of halogens is 1. The summed E-state index contributed by atoms with van der Waals surface area (Å²) < 4.78 is 12.1. The molecule has 0 aliphatic carbocycles. The molecule has 0 fully saturated rings. The molecular formula is C20H20ClN3O4. The molecule has 3 rings (SSSR count). The van der Waals surface area contributed by atoms with Gasteiger partial charge in [0.2, 0.25) is 0 Å². The molecule has 146 valence electrons. The molecule has 1 N–H and O–H groups in total. The molecule has 0 amide bonds. The predicted molar refractivity (Wildman–Crippen MR) is 110 cm³/mol. The molecule has 1 heterocycles. The summed E-state index contributed by atoms with van der Waals surface area (Å²) in [6.45, 7) is 3.92. The first-order valence-corrected chi connectivity index (χ1v) is 9.15. The first kappa shape index (κ1) is 19.7. The van der Waals surface area contributed by atoms with Crippen LogP contribution >= 0.6 is 11.6 Å². The first-order valence-electron chi connectivity index (χ1n) is 8.77. The average Bonchev–Trinajstić information content (AvgIpc) is 2.69. The Morgan fingerprint density at radius 1 is 1.29 bits per heavy atom. The van der Waals surface area contributed by atoms with Gasteiger partial charge in [-0.3, -0.25) is 4.79 Å². The van der Waals surface area contributed by atoms with Crippen LogP contribution in [0.4, 0.5) is 0 Å². The van der Waals surface area contributed by atoms with Crippen LogP contribution in [0.5, 0.6) is 11.5 Å². The van der Waals surface area contributed by atoms with Gasteiger partial charge in [-0.25, -0.2) is 4.79 Å². The summed E-state index contributed by atoms with van der Waals surface area (Å²) in [6.07, 6.45) is 2.07. The van der Waals surface area contributed by atoms with E-state index in [4.69, 9.17) is 21.1 Å². The molecule has 0 bridgehead atoms. The summed E-state index contributed by atoms with van der Waals surface area (Å²) >= 11 is 6.16. The molecule has 3 aromatic rings. The van der Waals surface area contributed by atoms with Crippen molar-refractivity contribution in [3.8, 4) is 11.5 Å². The minimum atomic E-state index is -0.640. The third-order valence-electron chi connectivity index (χ3n) is 4.26. The fourth-order valence-corrected chi connectivity index (χ4v) is 2.84. The van der Waals surface area contributed by atoms with E-state index in [1.807, 2.05) is 13.8 Å². The van der Waals surface area contributed by atoms with Crippen LogP contribution in [0.1, 0.15) is 25.8 Å². The van der Waals surface area contributed by atoms with Crippen LogP contribution in [-0.2, 0) is 0 Å². The van der Waals surface area contributed by atoms with Crippen molar-refractivity contribution < 1.29 is 9.47 Å². The van der Waals surface area contributed by atoms with Gasteiger partial charge < -0.3 is 14.5 Å². The second kappa shape index (κ2) is 8.31. The second-order valence-corrected chi connectivity index (χ2v) is 6.64. The Kier molecular flexibility index (Phi) is 5.84. The first-order chi connectivity index (χ1) is 13.4. The maximum absolute atomic E-state index is 12.6. The fourth-order valence-electron chi connectivity index (χ4n) is 2.62. The molecule has 0 radical (unpaired) electrons. The quantitative estimate of drug-likeness (QED) is 0.641. The van der Waals surface area contributed by atoms with Crippen molar-refractivity contribution in [3.05, 3.63) is 67.8 Å². The standard InChI is InChI=1S/C20H20ClN3O4/c1-4-12(2)28-18-13(9-14(21)10-17(18)27-3)11-22-24-19(25)15-7-5-6-8-16(15)23-20(24)26/h5-12H,4H2,1-3H3,(H,23,26)/t12-/m1/s1. The van der Waals surface area contributed by atoms with Crippen molar-refractivity contribution >= 4 is 28.7 Å². The monoisotopic (exact) mass is 401 g/mol. The van der Waals surface area contributed by atoms with Gasteiger partial charge in [-0.2, -0.15) is 5.10 Å². The molecule has 0 saturated heterocycles. The number of hydrogen-bond donors (Lipinski definition) is 1. The largest absolute Gasteiger partial charge is 0.493 e. The van der Waals surface area contributed by atoms with Crippen LogP contribution in [0.15, 0.2) is 51.1 Å². The Balaban J connectivity index is 2.12. The van der Waals surface area contributed by atoms with Crippen molar-refractivity contribution in [2.75, 3.05) is 7.11 Å². The SMILES string of the molecule is CC[C@@H](C)Oc1c(C=Nn2c(=O)[nH]c3ccccc3c2=O)cc(Cl)cc1OC. The molecule has 2 aromatic carbocycles.